The first kappa shape index (κ1) is 15.4. The van der Waals surface area contributed by atoms with Gasteiger partial charge in [-0.25, -0.2) is 0 Å². The Morgan fingerprint density at radius 1 is 1.25 bits per heavy atom. The van der Waals surface area contributed by atoms with Crippen LogP contribution < -0.4 is 0 Å². The average Bonchev–Trinajstić information content (AvgIpc) is 2.08. The fourth-order valence-corrected chi connectivity index (χ4v) is 1.28. The maximum Gasteiger partial charge on any atom is 0.306 e. The lowest BCUT2D eigenvalue weighted by atomic mass is 10.2. The molecule has 0 rings (SSSR count). The molecule has 3 nitrogen and oxygen atoms in total. The van der Waals surface area contributed by atoms with E-state index < -0.39 is 0 Å². The van der Waals surface area contributed by atoms with Crippen molar-refractivity contribution < 1.29 is 9.53 Å². The molecule has 16 heavy (non-hydrogen) atoms. The molecule has 0 spiro atoms. The van der Waals surface area contributed by atoms with Crippen molar-refractivity contribution >= 4 is 5.97 Å². The van der Waals surface area contributed by atoms with Crippen molar-refractivity contribution in [2.45, 2.75) is 65.5 Å². The lowest BCUT2D eigenvalue weighted by molar-refractivity contribution is -0.154. The van der Waals surface area contributed by atoms with Gasteiger partial charge in [0.1, 0.15) is 5.60 Å². The normalized spacial score (nSPS) is 12.2. The molecule has 0 bridgehead atoms. The van der Waals surface area contributed by atoms with Crippen LogP contribution in [0, 0.1) is 0 Å². The SMILES string of the molecule is CC(C)N(C)CCCCC(=O)OC(C)(C)C. The largest absolute Gasteiger partial charge is 0.460 e. The molecule has 0 amide bonds. The molecule has 0 aromatic heterocycles. The van der Waals surface area contributed by atoms with Crippen LogP contribution in [0.15, 0.2) is 0 Å². The van der Waals surface area contributed by atoms with Gasteiger partial charge in [0.05, 0.1) is 0 Å². The molecule has 0 saturated carbocycles. The van der Waals surface area contributed by atoms with E-state index >= 15 is 0 Å². The monoisotopic (exact) mass is 229 g/mol. The van der Waals surface area contributed by atoms with E-state index in [0.29, 0.717) is 12.5 Å². The zero-order valence-corrected chi connectivity index (χ0v) is 11.7. The highest BCUT2D eigenvalue weighted by molar-refractivity contribution is 5.69. The summed E-state index contributed by atoms with van der Waals surface area (Å²) in [6.45, 7) is 11.1. The number of rotatable bonds is 6. The van der Waals surface area contributed by atoms with Gasteiger partial charge in [0, 0.05) is 12.5 Å². The molecule has 0 aliphatic heterocycles. The van der Waals surface area contributed by atoms with Crippen molar-refractivity contribution in [3.8, 4) is 0 Å². The molecule has 0 aromatic carbocycles. The van der Waals surface area contributed by atoms with Gasteiger partial charge in [0.15, 0.2) is 0 Å². The number of ether oxygens (including phenoxy) is 1. The molecule has 0 aromatic rings. The zero-order valence-electron chi connectivity index (χ0n) is 11.7. The van der Waals surface area contributed by atoms with E-state index in [-0.39, 0.29) is 11.6 Å². The predicted octanol–water partition coefficient (Wildman–Crippen LogP) is 2.84. The third kappa shape index (κ3) is 8.72. The lowest BCUT2D eigenvalue weighted by Crippen LogP contribution is -2.27. The van der Waals surface area contributed by atoms with Gasteiger partial charge in [0.2, 0.25) is 0 Å². The van der Waals surface area contributed by atoms with Gasteiger partial charge in [-0.15, -0.1) is 0 Å². The molecule has 0 aliphatic carbocycles. The molecule has 0 aliphatic rings. The van der Waals surface area contributed by atoms with Gasteiger partial charge >= 0.3 is 5.97 Å². The molecule has 0 fully saturated rings. The van der Waals surface area contributed by atoms with E-state index in [1.165, 1.54) is 0 Å². The second-order valence-electron chi connectivity index (χ2n) is 5.62. The summed E-state index contributed by atoms with van der Waals surface area (Å²) in [6, 6.07) is 0.571. The van der Waals surface area contributed by atoms with Gasteiger partial charge in [-0.3, -0.25) is 4.79 Å². The smallest absolute Gasteiger partial charge is 0.306 e. The van der Waals surface area contributed by atoms with Crippen LogP contribution in [0.5, 0.6) is 0 Å². The Hall–Kier alpha value is -0.570. The molecular weight excluding hydrogens is 202 g/mol. The highest BCUT2D eigenvalue weighted by Crippen LogP contribution is 2.10. The van der Waals surface area contributed by atoms with E-state index in [4.69, 9.17) is 4.74 Å². The Morgan fingerprint density at radius 3 is 2.25 bits per heavy atom. The summed E-state index contributed by atoms with van der Waals surface area (Å²) in [6.07, 6.45) is 2.49. The molecule has 0 radical (unpaired) electrons. The van der Waals surface area contributed by atoms with Crippen molar-refractivity contribution in [2.75, 3.05) is 13.6 Å². The highest BCUT2D eigenvalue weighted by Gasteiger charge is 2.15. The molecule has 0 atom stereocenters. The number of nitrogens with zero attached hydrogens (tertiary/aromatic N) is 1. The van der Waals surface area contributed by atoms with Crippen LogP contribution in [0.3, 0.4) is 0 Å². The quantitative estimate of drug-likeness (QED) is 0.518. The average molecular weight is 229 g/mol. The van der Waals surface area contributed by atoms with Crippen LogP contribution in [-0.4, -0.2) is 36.1 Å². The minimum atomic E-state index is -0.355. The third-order valence-electron chi connectivity index (χ3n) is 2.44. The Kier molecular flexibility index (Phi) is 6.65. The van der Waals surface area contributed by atoms with Gasteiger partial charge in [-0.05, 0) is 61.1 Å². The number of unbranched alkanes of at least 4 members (excludes halogenated alkanes) is 1. The Balaban J connectivity index is 3.56. The van der Waals surface area contributed by atoms with Crippen LogP contribution in [0.25, 0.3) is 0 Å². The zero-order chi connectivity index (χ0) is 12.8. The summed E-state index contributed by atoms with van der Waals surface area (Å²) < 4.78 is 5.24. The van der Waals surface area contributed by atoms with Crippen LogP contribution >= 0.6 is 0 Å². The second kappa shape index (κ2) is 6.89. The van der Waals surface area contributed by atoms with Crippen molar-refractivity contribution in [2.24, 2.45) is 0 Å². The molecule has 0 saturated heterocycles. The van der Waals surface area contributed by atoms with Gasteiger partial charge < -0.3 is 9.64 Å². The topological polar surface area (TPSA) is 29.5 Å². The van der Waals surface area contributed by atoms with E-state index in [9.17, 15) is 4.79 Å². The Morgan fingerprint density at radius 2 is 1.81 bits per heavy atom. The van der Waals surface area contributed by atoms with Crippen LogP contribution in [-0.2, 0) is 9.53 Å². The number of carbonyl (C=O) groups is 1. The summed E-state index contributed by atoms with van der Waals surface area (Å²) >= 11 is 0. The van der Waals surface area contributed by atoms with Crippen molar-refractivity contribution in [3.05, 3.63) is 0 Å². The first-order chi connectivity index (χ1) is 7.22. The maximum absolute atomic E-state index is 11.4. The molecule has 3 heteroatoms. The Bertz CT molecular complexity index is 206. The minimum absolute atomic E-state index is 0.0836. The fraction of sp³-hybridized carbons (Fsp3) is 0.923. The third-order valence-corrected chi connectivity index (χ3v) is 2.44. The van der Waals surface area contributed by atoms with E-state index in [1.807, 2.05) is 20.8 Å². The van der Waals surface area contributed by atoms with E-state index in [2.05, 4.69) is 25.8 Å². The van der Waals surface area contributed by atoms with E-state index in [1.54, 1.807) is 0 Å². The molecule has 0 heterocycles. The van der Waals surface area contributed by atoms with Gasteiger partial charge in [0.25, 0.3) is 0 Å². The Labute approximate surface area is 100 Å². The summed E-state index contributed by atoms with van der Waals surface area (Å²) in [5, 5.41) is 0. The van der Waals surface area contributed by atoms with Crippen molar-refractivity contribution in [3.63, 3.8) is 0 Å². The minimum Gasteiger partial charge on any atom is -0.460 e. The molecule has 96 valence electrons. The lowest BCUT2D eigenvalue weighted by Gasteiger charge is -2.21. The number of hydrogen-bond donors (Lipinski definition) is 0. The van der Waals surface area contributed by atoms with E-state index in [0.717, 1.165) is 19.4 Å². The molecule has 0 N–H and O–H groups in total. The van der Waals surface area contributed by atoms with Crippen LogP contribution in [0.4, 0.5) is 0 Å². The first-order valence-electron chi connectivity index (χ1n) is 6.14. The number of carbonyl (C=O) groups excluding carboxylic acids is 1. The molecule has 0 unspecified atom stereocenters. The fourth-order valence-electron chi connectivity index (χ4n) is 1.28. The second-order valence-corrected chi connectivity index (χ2v) is 5.62. The van der Waals surface area contributed by atoms with Gasteiger partial charge in [-0.2, -0.15) is 0 Å². The van der Waals surface area contributed by atoms with Gasteiger partial charge in [-0.1, -0.05) is 0 Å². The predicted molar refractivity (Wildman–Crippen MR) is 67.5 cm³/mol. The highest BCUT2D eigenvalue weighted by atomic mass is 16.6. The standard InChI is InChI=1S/C13H27NO2/c1-11(2)14(6)10-8-7-9-12(15)16-13(3,4)5/h11H,7-10H2,1-6H3. The number of esters is 1. The maximum atomic E-state index is 11.4. The molecular formula is C13H27NO2. The van der Waals surface area contributed by atoms with Crippen LogP contribution in [0.1, 0.15) is 53.9 Å². The summed E-state index contributed by atoms with van der Waals surface area (Å²) in [4.78, 5) is 13.7. The summed E-state index contributed by atoms with van der Waals surface area (Å²) in [5.41, 5.74) is -0.355. The van der Waals surface area contributed by atoms with Crippen molar-refractivity contribution in [1.82, 2.24) is 4.90 Å². The first-order valence-corrected chi connectivity index (χ1v) is 6.14. The summed E-state index contributed by atoms with van der Waals surface area (Å²) in [5.74, 6) is -0.0836. The van der Waals surface area contributed by atoms with Crippen molar-refractivity contribution in [1.29, 1.82) is 0 Å². The van der Waals surface area contributed by atoms with Crippen LogP contribution in [0.2, 0.25) is 0 Å². The summed E-state index contributed by atoms with van der Waals surface area (Å²) in [7, 11) is 2.11. The number of hydrogen-bond acceptors (Lipinski definition) is 3.